The number of hydrogen-bond donors (Lipinski definition) is 2. The minimum Gasteiger partial charge on any atom is -0.490 e. The Bertz CT molecular complexity index is 1060. The molecule has 1 aliphatic carbocycles. The highest BCUT2D eigenvalue weighted by molar-refractivity contribution is 7.10. The Balaban J connectivity index is 1.57. The normalized spacial score (nSPS) is 13.5. The molecule has 0 unspecified atom stereocenters. The molecule has 2 heterocycles. The average Bonchev–Trinajstić information content (AvgIpc) is 3.31. The highest BCUT2D eigenvalue weighted by atomic mass is 32.1. The summed E-state index contributed by atoms with van der Waals surface area (Å²) in [7, 11) is 0. The zero-order valence-corrected chi connectivity index (χ0v) is 16.9. The Labute approximate surface area is 172 Å². The molecule has 1 aliphatic rings. The molecule has 2 aromatic heterocycles. The van der Waals surface area contributed by atoms with Crippen LogP contribution in [0, 0.1) is 11.8 Å². The van der Waals surface area contributed by atoms with Crippen molar-refractivity contribution in [3.05, 3.63) is 45.4 Å². The van der Waals surface area contributed by atoms with Crippen LogP contribution in [0.5, 0.6) is 5.75 Å². The number of ether oxygens (including phenoxy) is 1. The number of hydrogen-bond acceptors (Lipinski definition) is 7. The van der Waals surface area contributed by atoms with Crippen LogP contribution in [0.4, 0.5) is 5.95 Å². The number of aromatic amines is 1. The van der Waals surface area contributed by atoms with E-state index in [9.17, 15) is 4.79 Å². The molecule has 0 saturated heterocycles. The van der Waals surface area contributed by atoms with Gasteiger partial charge in [-0.1, -0.05) is 17.4 Å². The van der Waals surface area contributed by atoms with E-state index in [1.807, 2.05) is 19.9 Å². The number of benzene rings is 1. The maximum atomic E-state index is 12.7. The summed E-state index contributed by atoms with van der Waals surface area (Å²) < 4.78 is 5.77. The van der Waals surface area contributed by atoms with Crippen LogP contribution in [0.2, 0.25) is 0 Å². The molecule has 0 aliphatic heterocycles. The van der Waals surface area contributed by atoms with E-state index in [4.69, 9.17) is 4.74 Å². The molecule has 8 nitrogen and oxygen atoms in total. The molecular weight excluding hydrogens is 388 g/mol. The van der Waals surface area contributed by atoms with Gasteiger partial charge in [0.05, 0.1) is 17.4 Å². The van der Waals surface area contributed by atoms with E-state index in [0.717, 1.165) is 10.7 Å². The molecule has 1 fully saturated rings. The molecule has 29 heavy (non-hydrogen) atoms. The molecule has 0 spiro atoms. The molecule has 9 heteroatoms. The second-order valence-corrected chi connectivity index (χ2v) is 7.88. The van der Waals surface area contributed by atoms with E-state index < -0.39 is 5.91 Å². The smallest absolute Gasteiger partial charge is 0.270 e. The number of thiazole rings is 1. The van der Waals surface area contributed by atoms with Crippen LogP contribution in [0.1, 0.15) is 65.7 Å². The third-order valence-corrected chi connectivity index (χ3v) is 5.29. The van der Waals surface area contributed by atoms with Crippen LogP contribution in [-0.4, -0.2) is 37.6 Å². The number of tetrazole rings is 1. The second kappa shape index (κ2) is 8.41. The summed E-state index contributed by atoms with van der Waals surface area (Å²) in [5.74, 6) is 6.95. The monoisotopic (exact) mass is 408 g/mol. The van der Waals surface area contributed by atoms with Crippen LogP contribution in [0.15, 0.2) is 23.6 Å². The van der Waals surface area contributed by atoms with Crippen molar-refractivity contribution in [1.29, 1.82) is 0 Å². The zero-order valence-electron chi connectivity index (χ0n) is 16.1. The largest absolute Gasteiger partial charge is 0.490 e. The maximum Gasteiger partial charge on any atom is 0.270 e. The Morgan fingerprint density at radius 2 is 2.21 bits per heavy atom. The van der Waals surface area contributed by atoms with E-state index in [1.165, 1.54) is 19.3 Å². The van der Waals surface area contributed by atoms with Gasteiger partial charge in [-0.2, -0.15) is 5.21 Å². The van der Waals surface area contributed by atoms with Gasteiger partial charge >= 0.3 is 0 Å². The summed E-state index contributed by atoms with van der Waals surface area (Å²) in [6, 6.07) is 5.27. The number of amides is 1. The van der Waals surface area contributed by atoms with Gasteiger partial charge in [0, 0.05) is 16.9 Å². The first kappa shape index (κ1) is 19.1. The number of nitrogens with zero attached hydrogens (tertiary/aromatic N) is 4. The first-order valence-electron chi connectivity index (χ1n) is 9.41. The van der Waals surface area contributed by atoms with Crippen molar-refractivity contribution in [2.45, 2.75) is 45.1 Å². The van der Waals surface area contributed by atoms with Crippen LogP contribution >= 0.6 is 11.3 Å². The van der Waals surface area contributed by atoms with Gasteiger partial charge in [0.25, 0.3) is 11.9 Å². The molecule has 0 bridgehead atoms. The van der Waals surface area contributed by atoms with Crippen LogP contribution < -0.4 is 10.1 Å². The molecular formula is C20H20N6O2S. The molecule has 1 amide bonds. The van der Waals surface area contributed by atoms with Gasteiger partial charge in [-0.15, -0.1) is 16.4 Å². The fourth-order valence-electron chi connectivity index (χ4n) is 2.89. The molecule has 2 N–H and O–H groups in total. The lowest BCUT2D eigenvalue weighted by Crippen LogP contribution is -2.16. The summed E-state index contributed by atoms with van der Waals surface area (Å²) in [4.78, 5) is 17.3. The molecule has 0 atom stereocenters. The van der Waals surface area contributed by atoms with Gasteiger partial charge in [0.15, 0.2) is 5.01 Å². The molecule has 148 valence electrons. The van der Waals surface area contributed by atoms with Crippen molar-refractivity contribution in [2.75, 3.05) is 5.32 Å². The predicted octanol–water partition coefficient (Wildman–Crippen LogP) is 3.36. The Hall–Kier alpha value is -3.25. The molecule has 1 saturated carbocycles. The SMILES string of the molecule is CC(C)Oc1ccc(C#Cc2nc(C3CCC3)cs2)cc1C(=O)Nc1nn[nH]n1. The van der Waals surface area contributed by atoms with Crippen LogP contribution in [0.3, 0.4) is 0 Å². The molecule has 0 radical (unpaired) electrons. The maximum absolute atomic E-state index is 12.7. The number of rotatable bonds is 5. The summed E-state index contributed by atoms with van der Waals surface area (Å²) >= 11 is 1.56. The third-order valence-electron chi connectivity index (χ3n) is 4.52. The van der Waals surface area contributed by atoms with Crippen LogP contribution in [0.25, 0.3) is 0 Å². The van der Waals surface area contributed by atoms with Crippen molar-refractivity contribution in [3.8, 4) is 17.6 Å². The van der Waals surface area contributed by atoms with Gasteiger partial charge in [0.1, 0.15) is 5.75 Å². The van der Waals surface area contributed by atoms with Gasteiger partial charge in [-0.05, 0) is 56.0 Å². The highest BCUT2D eigenvalue weighted by Crippen LogP contribution is 2.36. The molecule has 3 aromatic rings. The third kappa shape index (κ3) is 4.60. The van der Waals surface area contributed by atoms with Crippen molar-refractivity contribution in [1.82, 2.24) is 25.6 Å². The lowest BCUT2D eigenvalue weighted by molar-refractivity contribution is 0.102. The summed E-state index contributed by atoms with van der Waals surface area (Å²) in [5.41, 5.74) is 2.19. The number of nitrogens with one attached hydrogen (secondary N) is 2. The Morgan fingerprint density at radius 1 is 1.34 bits per heavy atom. The van der Waals surface area contributed by atoms with E-state index in [1.54, 1.807) is 23.5 Å². The quantitative estimate of drug-likeness (QED) is 0.627. The first-order valence-corrected chi connectivity index (χ1v) is 10.3. The standard InChI is InChI=1S/C20H20N6O2S/c1-12(2)28-17-8-6-13(10-15(17)19(27)22-20-23-25-26-24-20)7-9-18-21-16(11-29-18)14-4-3-5-14/h6,8,10-12,14H,3-5H2,1-2H3,(H2,22,23,24,25,26,27). The summed E-state index contributed by atoms with van der Waals surface area (Å²) in [5, 5.41) is 18.7. The lowest BCUT2D eigenvalue weighted by Gasteiger charge is -2.22. The van der Waals surface area contributed by atoms with Crippen molar-refractivity contribution in [3.63, 3.8) is 0 Å². The van der Waals surface area contributed by atoms with E-state index >= 15 is 0 Å². The predicted molar refractivity (Wildman–Crippen MR) is 109 cm³/mol. The van der Waals surface area contributed by atoms with E-state index in [0.29, 0.717) is 22.8 Å². The average molecular weight is 408 g/mol. The minimum atomic E-state index is -0.396. The minimum absolute atomic E-state index is 0.0797. The summed E-state index contributed by atoms with van der Waals surface area (Å²) in [6.07, 6.45) is 3.63. The zero-order chi connectivity index (χ0) is 20.2. The second-order valence-electron chi connectivity index (χ2n) is 7.02. The van der Waals surface area contributed by atoms with Crippen molar-refractivity contribution < 1.29 is 9.53 Å². The van der Waals surface area contributed by atoms with Crippen LogP contribution in [-0.2, 0) is 0 Å². The van der Waals surface area contributed by atoms with Crippen molar-refractivity contribution in [2.24, 2.45) is 0 Å². The number of carbonyl (C=O) groups excluding carboxylic acids is 1. The lowest BCUT2D eigenvalue weighted by atomic mass is 9.83. The fourth-order valence-corrected chi connectivity index (χ4v) is 3.63. The van der Waals surface area contributed by atoms with Gasteiger partial charge < -0.3 is 4.74 Å². The van der Waals surface area contributed by atoms with E-state index in [2.05, 4.69) is 48.1 Å². The number of anilines is 1. The van der Waals surface area contributed by atoms with Gasteiger partial charge in [-0.25, -0.2) is 4.98 Å². The topological polar surface area (TPSA) is 106 Å². The van der Waals surface area contributed by atoms with E-state index in [-0.39, 0.29) is 12.1 Å². The molecule has 1 aromatic carbocycles. The number of aromatic nitrogens is 5. The highest BCUT2D eigenvalue weighted by Gasteiger charge is 2.21. The number of H-pyrrole nitrogens is 1. The van der Waals surface area contributed by atoms with Crippen molar-refractivity contribution >= 4 is 23.2 Å². The number of carbonyl (C=O) groups is 1. The fraction of sp³-hybridized carbons (Fsp3) is 0.350. The Kier molecular flexibility index (Phi) is 5.53. The first-order chi connectivity index (χ1) is 14.1. The summed E-state index contributed by atoms with van der Waals surface area (Å²) in [6.45, 7) is 3.80. The molecule has 4 rings (SSSR count). The van der Waals surface area contributed by atoms with Gasteiger partial charge in [-0.3, -0.25) is 10.1 Å². The van der Waals surface area contributed by atoms with Gasteiger partial charge in [0.2, 0.25) is 0 Å². The Morgan fingerprint density at radius 3 is 2.90 bits per heavy atom.